The smallest absolute Gasteiger partial charge is 0.387 e. The van der Waals surface area contributed by atoms with Gasteiger partial charge < -0.3 is 15.0 Å². The zero-order chi connectivity index (χ0) is 21.2. The van der Waals surface area contributed by atoms with Gasteiger partial charge in [0.1, 0.15) is 17.8 Å². The Morgan fingerprint density at radius 1 is 1.31 bits per heavy atom. The molecule has 7 nitrogen and oxygen atoms in total. The molecule has 2 aliphatic rings. The van der Waals surface area contributed by atoms with Crippen LogP contribution in [-0.4, -0.2) is 53.9 Å². The number of nitrogens with zero attached hydrogens (tertiary/aromatic N) is 2. The SMILES string of the molecule is CCCN(CC1CC1)C(=O)CN1C(=O)NC(C)(c2ccc(OC(F)F)cc2)C1=O. The Kier molecular flexibility index (Phi) is 6.04. The first-order chi connectivity index (χ1) is 13.7. The van der Waals surface area contributed by atoms with Gasteiger partial charge in [0, 0.05) is 13.1 Å². The molecule has 9 heteroatoms. The summed E-state index contributed by atoms with van der Waals surface area (Å²) in [5, 5.41) is 2.61. The Hall–Kier alpha value is -2.71. The zero-order valence-corrected chi connectivity index (χ0v) is 16.5. The Morgan fingerprint density at radius 3 is 2.52 bits per heavy atom. The number of ether oxygens (including phenoxy) is 1. The summed E-state index contributed by atoms with van der Waals surface area (Å²) >= 11 is 0. The number of imide groups is 1. The maximum absolute atomic E-state index is 13.0. The summed E-state index contributed by atoms with van der Waals surface area (Å²) in [6.07, 6.45) is 2.99. The van der Waals surface area contributed by atoms with Crippen molar-refractivity contribution < 1.29 is 27.9 Å². The third-order valence-electron chi connectivity index (χ3n) is 5.25. The minimum atomic E-state index is -2.95. The van der Waals surface area contributed by atoms with Gasteiger partial charge in [-0.3, -0.25) is 14.5 Å². The molecular formula is C20H25F2N3O4. The van der Waals surface area contributed by atoms with Crippen LogP contribution < -0.4 is 10.1 Å². The molecule has 3 rings (SSSR count). The topological polar surface area (TPSA) is 79.0 Å². The number of alkyl halides is 2. The van der Waals surface area contributed by atoms with Crippen molar-refractivity contribution in [1.82, 2.24) is 15.1 Å². The quantitative estimate of drug-likeness (QED) is 0.636. The Morgan fingerprint density at radius 2 is 1.97 bits per heavy atom. The van der Waals surface area contributed by atoms with E-state index in [2.05, 4.69) is 10.1 Å². The highest BCUT2D eigenvalue weighted by molar-refractivity contribution is 6.09. The van der Waals surface area contributed by atoms with Crippen molar-refractivity contribution in [1.29, 1.82) is 0 Å². The molecule has 1 aromatic rings. The van der Waals surface area contributed by atoms with Crippen molar-refractivity contribution in [2.24, 2.45) is 5.92 Å². The first-order valence-corrected chi connectivity index (χ1v) is 9.71. The number of hydrogen-bond acceptors (Lipinski definition) is 4. The Balaban J connectivity index is 1.71. The molecule has 4 amide bonds. The number of hydrogen-bond donors (Lipinski definition) is 1. The van der Waals surface area contributed by atoms with Gasteiger partial charge in [-0.05, 0) is 49.8 Å². The summed E-state index contributed by atoms with van der Waals surface area (Å²) < 4.78 is 28.9. The van der Waals surface area contributed by atoms with Crippen LogP contribution in [0.25, 0.3) is 0 Å². The van der Waals surface area contributed by atoms with Gasteiger partial charge in [0.25, 0.3) is 5.91 Å². The lowest BCUT2D eigenvalue weighted by atomic mass is 9.92. The fourth-order valence-electron chi connectivity index (χ4n) is 3.44. The molecule has 1 aromatic carbocycles. The van der Waals surface area contributed by atoms with Crippen LogP contribution in [0.4, 0.5) is 13.6 Å². The van der Waals surface area contributed by atoms with Crippen LogP contribution in [0.1, 0.15) is 38.7 Å². The van der Waals surface area contributed by atoms with E-state index >= 15 is 0 Å². The maximum atomic E-state index is 13.0. The second-order valence-corrected chi connectivity index (χ2v) is 7.63. The fourth-order valence-corrected chi connectivity index (χ4v) is 3.44. The van der Waals surface area contributed by atoms with Crippen molar-refractivity contribution in [3.8, 4) is 5.75 Å². The average Bonchev–Trinajstić information content (AvgIpc) is 3.45. The van der Waals surface area contributed by atoms with Crippen LogP contribution in [0.3, 0.4) is 0 Å². The van der Waals surface area contributed by atoms with Gasteiger partial charge in [-0.15, -0.1) is 0 Å². The summed E-state index contributed by atoms with van der Waals surface area (Å²) in [6.45, 7) is 1.46. The summed E-state index contributed by atoms with van der Waals surface area (Å²) in [6, 6.07) is 4.84. The van der Waals surface area contributed by atoms with Crippen LogP contribution in [0, 0.1) is 5.92 Å². The standard InChI is InChI=1S/C20H25F2N3O4/c1-3-10-24(11-13-4-5-13)16(26)12-25-17(27)20(2,23-19(25)28)14-6-8-15(9-7-14)29-18(21)22/h6-9,13,18H,3-5,10-12H2,1-2H3,(H,23,28). The number of rotatable bonds is 9. The highest BCUT2D eigenvalue weighted by Crippen LogP contribution is 2.31. The molecule has 0 bridgehead atoms. The number of carbonyl (C=O) groups excluding carboxylic acids is 3. The van der Waals surface area contributed by atoms with Gasteiger partial charge in [0.15, 0.2) is 0 Å². The molecule has 1 heterocycles. The van der Waals surface area contributed by atoms with Crippen molar-refractivity contribution in [3.05, 3.63) is 29.8 Å². The lowest BCUT2D eigenvalue weighted by molar-refractivity contribution is -0.139. The molecule has 1 N–H and O–H groups in total. The molecule has 1 unspecified atom stereocenters. The second-order valence-electron chi connectivity index (χ2n) is 7.63. The lowest BCUT2D eigenvalue weighted by Crippen LogP contribution is -2.45. The van der Waals surface area contributed by atoms with Crippen LogP contribution >= 0.6 is 0 Å². The summed E-state index contributed by atoms with van der Waals surface area (Å²) in [5.41, 5.74) is -0.969. The molecule has 1 saturated heterocycles. The fraction of sp³-hybridized carbons (Fsp3) is 0.550. The largest absolute Gasteiger partial charge is 0.435 e. The molecule has 29 heavy (non-hydrogen) atoms. The van der Waals surface area contributed by atoms with E-state index in [4.69, 9.17) is 0 Å². The molecule has 0 radical (unpaired) electrons. The van der Waals surface area contributed by atoms with E-state index in [1.165, 1.54) is 31.2 Å². The first kappa shape index (κ1) is 21.0. The minimum absolute atomic E-state index is 0.0496. The number of amides is 4. The van der Waals surface area contributed by atoms with Crippen molar-refractivity contribution in [2.75, 3.05) is 19.6 Å². The number of benzene rings is 1. The van der Waals surface area contributed by atoms with Gasteiger partial charge in [-0.25, -0.2) is 4.79 Å². The van der Waals surface area contributed by atoms with Crippen molar-refractivity contribution in [2.45, 2.75) is 45.3 Å². The van der Waals surface area contributed by atoms with E-state index in [0.29, 0.717) is 24.6 Å². The van der Waals surface area contributed by atoms with Gasteiger partial charge in [-0.1, -0.05) is 19.1 Å². The highest BCUT2D eigenvalue weighted by Gasteiger charge is 2.49. The second kappa shape index (κ2) is 8.34. The molecule has 1 saturated carbocycles. The van der Waals surface area contributed by atoms with Gasteiger partial charge in [-0.2, -0.15) is 8.78 Å². The van der Waals surface area contributed by atoms with E-state index in [1.807, 2.05) is 6.92 Å². The monoisotopic (exact) mass is 409 g/mol. The van der Waals surface area contributed by atoms with Crippen LogP contribution in [0.15, 0.2) is 24.3 Å². The number of halogens is 2. The summed E-state index contributed by atoms with van der Waals surface area (Å²) in [4.78, 5) is 40.7. The molecule has 0 spiro atoms. The molecule has 0 aromatic heterocycles. The van der Waals surface area contributed by atoms with Crippen LogP contribution in [0.5, 0.6) is 5.75 Å². The van der Waals surface area contributed by atoms with Crippen molar-refractivity contribution >= 4 is 17.8 Å². The van der Waals surface area contributed by atoms with E-state index in [9.17, 15) is 23.2 Å². The van der Waals surface area contributed by atoms with Crippen molar-refractivity contribution in [3.63, 3.8) is 0 Å². The third-order valence-corrected chi connectivity index (χ3v) is 5.25. The van der Waals surface area contributed by atoms with Crippen LogP contribution in [0.2, 0.25) is 0 Å². The zero-order valence-electron chi connectivity index (χ0n) is 16.5. The molecule has 1 aliphatic carbocycles. The first-order valence-electron chi connectivity index (χ1n) is 9.71. The van der Waals surface area contributed by atoms with E-state index in [0.717, 1.165) is 24.2 Å². The lowest BCUT2D eigenvalue weighted by Gasteiger charge is -2.25. The third kappa shape index (κ3) is 4.65. The Bertz CT molecular complexity index is 782. The normalized spacial score (nSPS) is 21.5. The van der Waals surface area contributed by atoms with E-state index in [1.54, 1.807) is 4.90 Å². The molecule has 2 fully saturated rings. The average molecular weight is 409 g/mol. The predicted octanol–water partition coefficient (Wildman–Crippen LogP) is 2.70. The number of nitrogens with one attached hydrogen (secondary N) is 1. The number of urea groups is 1. The minimum Gasteiger partial charge on any atom is -0.435 e. The molecule has 158 valence electrons. The highest BCUT2D eigenvalue weighted by atomic mass is 19.3. The molecular weight excluding hydrogens is 384 g/mol. The molecule has 1 atom stereocenters. The Labute approximate surface area is 168 Å². The van der Waals surface area contributed by atoms with E-state index in [-0.39, 0.29) is 18.2 Å². The van der Waals surface area contributed by atoms with Gasteiger partial charge in [0.05, 0.1) is 0 Å². The van der Waals surface area contributed by atoms with E-state index < -0.39 is 24.1 Å². The van der Waals surface area contributed by atoms with Gasteiger partial charge in [0.2, 0.25) is 5.91 Å². The maximum Gasteiger partial charge on any atom is 0.387 e. The summed E-state index contributed by atoms with van der Waals surface area (Å²) in [7, 11) is 0. The molecule has 1 aliphatic heterocycles. The van der Waals surface area contributed by atoms with Crippen LogP contribution in [-0.2, 0) is 15.1 Å². The summed E-state index contributed by atoms with van der Waals surface area (Å²) in [5.74, 6) is -0.354. The van der Waals surface area contributed by atoms with Gasteiger partial charge >= 0.3 is 12.6 Å². The predicted molar refractivity (Wildman–Crippen MR) is 100 cm³/mol. The number of carbonyl (C=O) groups is 3.